The molecule has 0 aromatic rings. The Morgan fingerprint density at radius 2 is 2.00 bits per heavy atom. The number of aliphatic carboxylic acids is 1. The summed E-state index contributed by atoms with van der Waals surface area (Å²) in [5.41, 5.74) is 5.20. The van der Waals surface area contributed by atoms with Crippen LogP contribution in [0.4, 0.5) is 0 Å². The summed E-state index contributed by atoms with van der Waals surface area (Å²) < 4.78 is 0. The number of rotatable bonds is 5. The minimum absolute atomic E-state index is 0. The zero-order valence-corrected chi connectivity index (χ0v) is 6.47. The Labute approximate surface area is 74.6 Å². The molecule has 0 aromatic heterocycles. The van der Waals surface area contributed by atoms with Crippen molar-refractivity contribution in [3.8, 4) is 0 Å². The van der Waals surface area contributed by atoms with Gasteiger partial charge in [-0.15, -0.1) is 0 Å². The third-order valence-corrected chi connectivity index (χ3v) is 1.09. The Morgan fingerprint density at radius 3 is 2.40 bits per heavy atom. The minimum atomic E-state index is -0.716. The van der Waals surface area contributed by atoms with Crippen LogP contribution in [-0.2, 0) is 4.79 Å². The average Bonchev–Trinajstić information content (AvgIpc) is 1.80. The molecule has 0 bridgehead atoms. The number of carboxylic acid groups (broad SMARTS) is 1. The van der Waals surface area contributed by atoms with Gasteiger partial charge < -0.3 is 12.3 Å². The van der Waals surface area contributed by atoms with Crippen molar-refractivity contribution < 1.29 is 30.2 Å². The maximum atomic E-state index is 9.93. The summed E-state index contributed by atoms with van der Waals surface area (Å²) in [7, 11) is 0. The Morgan fingerprint density at radius 1 is 1.40 bits per heavy atom. The summed E-state index contributed by atoms with van der Waals surface area (Å²) in [4.78, 5) is 9.93. The molecular weight excluding hydrogens is 125 g/mol. The summed E-state index contributed by atoms with van der Waals surface area (Å²) in [6.45, 7) is 0.666. The first-order chi connectivity index (χ1) is 4.27. The van der Waals surface area contributed by atoms with E-state index in [1.807, 2.05) is 0 Å². The summed E-state index contributed by atoms with van der Waals surface area (Å²) >= 11 is 0. The van der Waals surface area contributed by atoms with Crippen LogP contribution in [0.5, 0.6) is 0 Å². The zero-order valence-electron chi connectivity index (χ0n) is 7.47. The van der Waals surface area contributed by atoms with E-state index in [0.717, 1.165) is 19.3 Å². The van der Waals surface area contributed by atoms with Gasteiger partial charge in [0.05, 0.1) is 0 Å². The van der Waals surface area contributed by atoms with Crippen molar-refractivity contribution in [2.45, 2.75) is 25.7 Å². The Hall–Kier alpha value is 0.0274. The van der Waals surface area contributed by atoms with Crippen LogP contribution in [0.3, 0.4) is 0 Å². The summed E-state index contributed by atoms with van der Waals surface area (Å²) in [5.74, 6) is -0.716. The van der Waals surface area contributed by atoms with Crippen LogP contribution in [0, 0.1) is 0 Å². The molecule has 0 unspecified atom stereocenters. The van der Waals surface area contributed by atoms with Gasteiger partial charge in [-0.3, -0.25) is 4.79 Å². The first-order valence-electron chi connectivity index (χ1n) is 3.19. The van der Waals surface area contributed by atoms with Crippen molar-refractivity contribution in [2.75, 3.05) is 6.54 Å². The van der Waals surface area contributed by atoms with Gasteiger partial charge >= 0.3 is 24.8 Å². The standard InChI is InChI=1S/C6H13NO2.Li.H/c7-5-3-1-2-4-6(8)9;;/h1-5,7H2,(H,8,9);;/q;+1;-1. The van der Waals surface area contributed by atoms with E-state index in [9.17, 15) is 4.79 Å². The van der Waals surface area contributed by atoms with E-state index >= 15 is 0 Å². The molecule has 3 N–H and O–H groups in total. The first-order valence-corrected chi connectivity index (χ1v) is 3.19. The molecule has 10 heavy (non-hydrogen) atoms. The Bertz CT molecular complexity index is 92.7. The summed E-state index contributed by atoms with van der Waals surface area (Å²) in [6, 6.07) is 0. The van der Waals surface area contributed by atoms with Crippen LogP contribution in [-0.4, -0.2) is 17.6 Å². The number of hydrogen-bond acceptors (Lipinski definition) is 2. The third kappa shape index (κ3) is 10.9. The average molecular weight is 139 g/mol. The van der Waals surface area contributed by atoms with E-state index in [0.29, 0.717) is 6.54 Å². The topological polar surface area (TPSA) is 63.3 Å². The van der Waals surface area contributed by atoms with Crippen molar-refractivity contribution >= 4 is 5.97 Å². The summed E-state index contributed by atoms with van der Waals surface area (Å²) in [6.07, 6.45) is 2.91. The van der Waals surface area contributed by atoms with Crippen molar-refractivity contribution in [1.29, 1.82) is 0 Å². The van der Waals surface area contributed by atoms with E-state index in [-0.39, 0.29) is 26.7 Å². The van der Waals surface area contributed by atoms with Crippen molar-refractivity contribution in [3.05, 3.63) is 0 Å². The second-order valence-electron chi connectivity index (χ2n) is 1.99. The van der Waals surface area contributed by atoms with E-state index in [1.165, 1.54) is 0 Å². The van der Waals surface area contributed by atoms with E-state index in [4.69, 9.17) is 10.8 Å². The largest absolute Gasteiger partial charge is 1.00 e. The van der Waals surface area contributed by atoms with Gasteiger partial charge in [0.1, 0.15) is 0 Å². The molecule has 0 heterocycles. The second-order valence-corrected chi connectivity index (χ2v) is 1.99. The maximum Gasteiger partial charge on any atom is 1.00 e. The van der Waals surface area contributed by atoms with Crippen molar-refractivity contribution in [2.24, 2.45) is 5.73 Å². The van der Waals surface area contributed by atoms with Crippen LogP contribution >= 0.6 is 0 Å². The minimum Gasteiger partial charge on any atom is -1.00 e. The normalized spacial score (nSPS) is 8.50. The molecule has 0 saturated heterocycles. The predicted octanol–water partition coefficient (Wildman–Crippen LogP) is -2.29. The molecule has 4 heteroatoms. The fourth-order valence-electron chi connectivity index (χ4n) is 0.597. The number of carboxylic acids is 1. The monoisotopic (exact) mass is 139 g/mol. The van der Waals surface area contributed by atoms with Crippen LogP contribution in [0.15, 0.2) is 0 Å². The molecule has 0 saturated carbocycles. The fourth-order valence-corrected chi connectivity index (χ4v) is 0.597. The molecule has 0 fully saturated rings. The molecule has 3 nitrogen and oxygen atoms in total. The SMILES string of the molecule is NCCCCCC(=O)O.[H-].[Li+]. The molecule has 0 rings (SSSR count). The van der Waals surface area contributed by atoms with Crippen LogP contribution in [0.25, 0.3) is 0 Å². The van der Waals surface area contributed by atoms with Gasteiger partial charge in [-0.1, -0.05) is 6.42 Å². The summed E-state index contributed by atoms with van der Waals surface area (Å²) in [5, 5.41) is 8.18. The predicted molar refractivity (Wildman–Crippen MR) is 36.3 cm³/mol. The molecule has 0 aliphatic rings. The van der Waals surface area contributed by atoms with E-state index in [2.05, 4.69) is 0 Å². The third-order valence-electron chi connectivity index (χ3n) is 1.09. The molecule has 0 aromatic carbocycles. The molecule has 0 atom stereocenters. The molecule has 0 radical (unpaired) electrons. The molecule has 0 aliphatic carbocycles. The van der Waals surface area contributed by atoms with Crippen LogP contribution in [0.2, 0.25) is 0 Å². The van der Waals surface area contributed by atoms with Crippen LogP contribution < -0.4 is 24.6 Å². The van der Waals surface area contributed by atoms with Gasteiger partial charge in [0.25, 0.3) is 0 Å². The Kier molecular flexibility index (Phi) is 11.4. The maximum absolute atomic E-state index is 9.93. The zero-order chi connectivity index (χ0) is 7.11. The van der Waals surface area contributed by atoms with Gasteiger partial charge in [-0.2, -0.15) is 0 Å². The van der Waals surface area contributed by atoms with Gasteiger partial charge in [0.15, 0.2) is 0 Å². The van der Waals surface area contributed by atoms with Gasteiger partial charge in [0.2, 0.25) is 0 Å². The number of unbranched alkanes of at least 4 members (excludes halogenated alkanes) is 2. The molecular formula is C6H14LiNO2. The molecule has 0 spiro atoms. The Balaban J connectivity index is -0.000000320. The number of nitrogens with two attached hydrogens (primary N) is 1. The van der Waals surface area contributed by atoms with E-state index in [1.54, 1.807) is 0 Å². The van der Waals surface area contributed by atoms with Gasteiger partial charge in [-0.25, -0.2) is 0 Å². The molecule has 0 amide bonds. The second kappa shape index (κ2) is 9.03. The first kappa shape index (κ1) is 12.7. The van der Waals surface area contributed by atoms with E-state index < -0.39 is 5.97 Å². The van der Waals surface area contributed by atoms with Gasteiger partial charge in [0, 0.05) is 6.42 Å². The number of carbonyl (C=O) groups is 1. The molecule has 0 aliphatic heterocycles. The van der Waals surface area contributed by atoms with Gasteiger partial charge in [-0.05, 0) is 19.4 Å². The quantitative estimate of drug-likeness (QED) is 0.333. The number of hydrogen-bond donors (Lipinski definition) is 2. The molecule has 56 valence electrons. The fraction of sp³-hybridized carbons (Fsp3) is 0.833. The van der Waals surface area contributed by atoms with Crippen molar-refractivity contribution in [3.63, 3.8) is 0 Å². The smallest absolute Gasteiger partial charge is 1.00 e. The van der Waals surface area contributed by atoms with Crippen LogP contribution in [0.1, 0.15) is 27.1 Å². The van der Waals surface area contributed by atoms with Crippen molar-refractivity contribution in [1.82, 2.24) is 0 Å².